The van der Waals surface area contributed by atoms with Gasteiger partial charge >= 0.3 is 0 Å². The van der Waals surface area contributed by atoms with Gasteiger partial charge in [0.2, 0.25) is 0 Å². The van der Waals surface area contributed by atoms with Crippen molar-refractivity contribution in [3.05, 3.63) is 49.0 Å². The van der Waals surface area contributed by atoms with Crippen LogP contribution in [0.25, 0.3) is 0 Å². The van der Waals surface area contributed by atoms with Gasteiger partial charge < -0.3 is 0 Å². The number of aromatic nitrogens is 2. The number of halogens is 3. The number of hydrogen-bond donors (Lipinski definition) is 0. The smallest absolute Gasteiger partial charge is 0.169 e. The second kappa shape index (κ2) is 5.70. The maximum Gasteiger partial charge on any atom is 0.169 e. The lowest BCUT2D eigenvalue weighted by Gasteiger charge is -2.05. The van der Waals surface area contributed by atoms with Gasteiger partial charge in [0.25, 0.3) is 0 Å². The first-order valence-electron chi connectivity index (χ1n) is 5.56. The number of benzene rings is 1. The fourth-order valence-electron chi connectivity index (χ4n) is 1.84. The number of ketones is 1. The van der Waals surface area contributed by atoms with Gasteiger partial charge in [0.15, 0.2) is 5.78 Å². The van der Waals surface area contributed by atoms with E-state index < -0.39 is 0 Å². The van der Waals surface area contributed by atoms with Crippen LogP contribution in [0.1, 0.15) is 21.7 Å². The van der Waals surface area contributed by atoms with Gasteiger partial charge in [-0.1, -0.05) is 0 Å². The molecule has 0 aliphatic carbocycles. The molecule has 0 unspecified atom stereocenters. The monoisotopic (exact) mass is 436 g/mol. The predicted octanol–water partition coefficient (Wildman–Crippen LogP) is 3.66. The Morgan fingerprint density at radius 3 is 2.74 bits per heavy atom. The number of rotatable bonds is 3. The molecule has 0 atom stereocenters. The minimum atomic E-state index is -0.335. The van der Waals surface area contributed by atoms with Gasteiger partial charge in [0, 0.05) is 16.2 Å². The third-order valence-electron chi connectivity index (χ3n) is 2.82. The highest BCUT2D eigenvalue weighted by molar-refractivity contribution is 14.1. The van der Waals surface area contributed by atoms with E-state index >= 15 is 0 Å². The lowest BCUT2D eigenvalue weighted by molar-refractivity contribution is 0.0989. The highest BCUT2D eigenvalue weighted by Crippen LogP contribution is 2.23. The fraction of sp³-hybridized carbons (Fsp3) is 0.231. The molecule has 0 saturated carbocycles. The largest absolute Gasteiger partial charge is 0.294 e. The second-order valence-corrected chi connectivity index (χ2v) is 6.15. The summed E-state index contributed by atoms with van der Waals surface area (Å²) in [6.45, 7) is 1.87. The zero-order valence-corrected chi connectivity index (χ0v) is 14.1. The molecule has 6 heteroatoms. The molecule has 100 valence electrons. The molecular formula is C13H11BrFIN2O. The first kappa shape index (κ1) is 14.6. The number of hydrogen-bond acceptors (Lipinski definition) is 2. The molecule has 0 bridgehead atoms. The summed E-state index contributed by atoms with van der Waals surface area (Å²) in [5.41, 5.74) is 2.20. The van der Waals surface area contributed by atoms with E-state index in [1.165, 1.54) is 18.2 Å². The lowest BCUT2D eigenvalue weighted by Crippen LogP contribution is -2.10. The second-order valence-electron chi connectivity index (χ2n) is 4.19. The van der Waals surface area contributed by atoms with Gasteiger partial charge in [-0.3, -0.25) is 9.48 Å². The maximum absolute atomic E-state index is 13.0. The van der Waals surface area contributed by atoms with Crippen LogP contribution in [0.15, 0.2) is 22.7 Å². The van der Waals surface area contributed by atoms with E-state index in [2.05, 4.69) is 21.0 Å². The minimum Gasteiger partial charge on any atom is -0.294 e. The summed E-state index contributed by atoms with van der Waals surface area (Å²) in [5.74, 6) is -0.383. The Balaban J connectivity index is 2.31. The molecule has 0 saturated heterocycles. The topological polar surface area (TPSA) is 34.9 Å². The summed E-state index contributed by atoms with van der Waals surface area (Å²) in [6, 6.07) is 4.19. The van der Waals surface area contributed by atoms with E-state index in [9.17, 15) is 9.18 Å². The van der Waals surface area contributed by atoms with Crippen LogP contribution in [0, 0.1) is 16.3 Å². The van der Waals surface area contributed by atoms with E-state index in [1.807, 2.05) is 29.5 Å². The van der Waals surface area contributed by atoms with Crippen molar-refractivity contribution in [2.45, 2.75) is 13.3 Å². The average Bonchev–Trinajstić information content (AvgIpc) is 2.56. The Bertz CT molecular complexity index is 654. The zero-order valence-electron chi connectivity index (χ0n) is 10.4. The molecular weight excluding hydrogens is 426 g/mol. The van der Waals surface area contributed by atoms with Crippen molar-refractivity contribution in [1.82, 2.24) is 9.78 Å². The fourth-order valence-corrected chi connectivity index (χ4v) is 3.09. The molecule has 19 heavy (non-hydrogen) atoms. The molecule has 1 heterocycles. The van der Waals surface area contributed by atoms with Crippen molar-refractivity contribution < 1.29 is 9.18 Å². The van der Waals surface area contributed by atoms with E-state index in [0.717, 1.165) is 15.9 Å². The molecule has 0 fully saturated rings. The number of carbonyl (C=O) groups excluding carboxylic acids is 1. The van der Waals surface area contributed by atoms with Crippen molar-refractivity contribution in [2.24, 2.45) is 7.05 Å². The van der Waals surface area contributed by atoms with E-state index in [1.54, 1.807) is 11.7 Å². The van der Waals surface area contributed by atoms with Gasteiger partial charge in [0.1, 0.15) is 5.82 Å². The highest BCUT2D eigenvalue weighted by Gasteiger charge is 2.17. The van der Waals surface area contributed by atoms with Gasteiger partial charge in [0.05, 0.1) is 22.3 Å². The van der Waals surface area contributed by atoms with Crippen molar-refractivity contribution in [1.29, 1.82) is 0 Å². The molecule has 0 aliphatic heterocycles. The molecule has 0 radical (unpaired) electrons. The van der Waals surface area contributed by atoms with Crippen LogP contribution < -0.4 is 0 Å². The van der Waals surface area contributed by atoms with Crippen molar-refractivity contribution >= 4 is 44.3 Å². The van der Waals surface area contributed by atoms with Gasteiger partial charge in [-0.2, -0.15) is 5.10 Å². The first-order valence-corrected chi connectivity index (χ1v) is 7.43. The average molecular weight is 437 g/mol. The predicted molar refractivity (Wildman–Crippen MR) is 82.8 cm³/mol. The Kier molecular flexibility index (Phi) is 4.39. The first-order chi connectivity index (χ1) is 8.90. The molecule has 3 nitrogen and oxygen atoms in total. The summed E-state index contributed by atoms with van der Waals surface area (Å²) in [7, 11) is 1.80. The molecule has 1 aromatic carbocycles. The Labute approximate surface area is 132 Å². The molecule has 2 aromatic rings. The van der Waals surface area contributed by atoms with Crippen LogP contribution in [0.2, 0.25) is 0 Å². The lowest BCUT2D eigenvalue weighted by atomic mass is 10.1. The number of Topliss-reactive ketones (excluding diaryl/α,β-unsaturated/α-hetero) is 1. The molecule has 0 spiro atoms. The third kappa shape index (κ3) is 3.05. The van der Waals surface area contributed by atoms with Crippen LogP contribution in [0.3, 0.4) is 0 Å². The summed E-state index contributed by atoms with van der Waals surface area (Å²) in [5, 5.41) is 4.25. The number of carbonyl (C=O) groups is 1. The standard InChI is InChI=1S/C13H11BrFIN2O/c1-7-13(14)11(18(2)17-7)6-12(19)9-4-3-8(15)5-10(9)16/h3-5H,6H2,1-2H3. The number of aryl methyl sites for hydroxylation is 2. The Morgan fingerprint density at radius 2 is 2.21 bits per heavy atom. The van der Waals surface area contributed by atoms with Crippen LogP contribution in [0.5, 0.6) is 0 Å². The highest BCUT2D eigenvalue weighted by atomic mass is 127. The summed E-state index contributed by atoms with van der Waals surface area (Å²) >= 11 is 5.41. The third-order valence-corrected chi connectivity index (χ3v) is 4.75. The molecule has 2 rings (SSSR count). The molecule has 0 amide bonds. The molecule has 0 N–H and O–H groups in total. The van der Waals surface area contributed by atoms with Crippen molar-refractivity contribution in [2.75, 3.05) is 0 Å². The van der Waals surface area contributed by atoms with Gasteiger partial charge in [-0.25, -0.2) is 4.39 Å². The van der Waals surface area contributed by atoms with E-state index in [-0.39, 0.29) is 18.0 Å². The van der Waals surface area contributed by atoms with Crippen molar-refractivity contribution in [3.8, 4) is 0 Å². The zero-order chi connectivity index (χ0) is 14.2. The number of nitrogens with zero attached hydrogens (tertiary/aromatic N) is 2. The van der Waals surface area contributed by atoms with Crippen LogP contribution in [-0.2, 0) is 13.5 Å². The SMILES string of the molecule is Cc1nn(C)c(CC(=O)c2ccc(F)cc2I)c1Br. The molecule has 1 aromatic heterocycles. The van der Waals surface area contributed by atoms with Gasteiger partial charge in [-0.15, -0.1) is 0 Å². The van der Waals surface area contributed by atoms with E-state index in [0.29, 0.717) is 9.13 Å². The minimum absolute atomic E-state index is 0.0481. The summed E-state index contributed by atoms with van der Waals surface area (Å²) < 4.78 is 16.2. The maximum atomic E-state index is 13.0. The van der Waals surface area contributed by atoms with Gasteiger partial charge in [-0.05, 0) is 63.6 Å². The van der Waals surface area contributed by atoms with Crippen LogP contribution >= 0.6 is 38.5 Å². The van der Waals surface area contributed by atoms with Crippen LogP contribution in [0.4, 0.5) is 4.39 Å². The van der Waals surface area contributed by atoms with Crippen LogP contribution in [-0.4, -0.2) is 15.6 Å². The van der Waals surface area contributed by atoms with Crippen molar-refractivity contribution in [3.63, 3.8) is 0 Å². The molecule has 0 aliphatic rings. The summed E-state index contributed by atoms with van der Waals surface area (Å²) in [6.07, 6.45) is 0.236. The Morgan fingerprint density at radius 1 is 1.53 bits per heavy atom. The summed E-state index contributed by atoms with van der Waals surface area (Å²) in [4.78, 5) is 12.3. The quantitative estimate of drug-likeness (QED) is 0.543. The Hall–Kier alpha value is -0.760. The normalized spacial score (nSPS) is 10.8. The van der Waals surface area contributed by atoms with E-state index in [4.69, 9.17) is 0 Å².